The van der Waals surface area contributed by atoms with Crippen LogP contribution in [0.15, 0.2) is 31.1 Å². The van der Waals surface area contributed by atoms with Crippen LogP contribution in [0.2, 0.25) is 0 Å². The number of carbonyl (C=O) groups is 1. The molecule has 0 aliphatic carbocycles. The maximum atomic E-state index is 12.3. The fraction of sp³-hybridized carbons (Fsp3) is 0.533. The van der Waals surface area contributed by atoms with E-state index < -0.39 is 0 Å². The van der Waals surface area contributed by atoms with E-state index in [2.05, 4.69) is 25.4 Å². The first-order chi connectivity index (χ1) is 11.3. The van der Waals surface area contributed by atoms with Crippen LogP contribution in [0.3, 0.4) is 0 Å². The lowest BCUT2D eigenvalue weighted by atomic mass is 10.1. The van der Waals surface area contributed by atoms with Crippen LogP contribution in [0.25, 0.3) is 0 Å². The molecule has 1 fully saturated rings. The van der Waals surface area contributed by atoms with Crippen molar-refractivity contribution < 1.29 is 4.79 Å². The Bertz CT molecular complexity index is 602. The highest BCUT2D eigenvalue weighted by Gasteiger charge is 2.24. The van der Waals surface area contributed by atoms with Crippen molar-refractivity contribution >= 4 is 11.9 Å². The minimum Gasteiger partial charge on any atom is -0.354 e. The largest absolute Gasteiger partial charge is 0.354 e. The highest BCUT2D eigenvalue weighted by atomic mass is 16.2. The van der Waals surface area contributed by atoms with Crippen LogP contribution in [0, 0.1) is 0 Å². The van der Waals surface area contributed by atoms with E-state index in [1.165, 1.54) is 6.33 Å². The molecular weight excluding hydrogens is 294 g/mol. The molecule has 0 bridgehead atoms. The molecule has 2 aromatic heterocycles. The number of rotatable bonds is 6. The molecule has 1 amide bonds. The lowest BCUT2D eigenvalue weighted by molar-refractivity contribution is -0.132. The van der Waals surface area contributed by atoms with Gasteiger partial charge in [0, 0.05) is 38.4 Å². The number of piperidine rings is 1. The number of nitrogens with one attached hydrogen (secondary N) is 1. The molecule has 0 unspecified atom stereocenters. The van der Waals surface area contributed by atoms with Crippen LogP contribution in [0.1, 0.15) is 31.7 Å². The lowest BCUT2D eigenvalue weighted by Gasteiger charge is -2.32. The third-order valence-electron chi connectivity index (χ3n) is 3.98. The monoisotopic (exact) mass is 315 g/mol. The Morgan fingerprint density at radius 2 is 2.22 bits per heavy atom. The van der Waals surface area contributed by atoms with Gasteiger partial charge in [-0.3, -0.25) is 4.79 Å². The van der Waals surface area contributed by atoms with E-state index in [9.17, 15) is 4.79 Å². The zero-order valence-corrected chi connectivity index (χ0v) is 13.0. The Labute approximate surface area is 135 Å². The van der Waals surface area contributed by atoms with E-state index in [4.69, 9.17) is 0 Å². The Kier molecular flexibility index (Phi) is 5.13. The van der Waals surface area contributed by atoms with Gasteiger partial charge in [0.05, 0.1) is 6.04 Å². The number of likely N-dealkylation sites (tertiary alicyclic amines) is 1. The second-order valence-electron chi connectivity index (χ2n) is 5.61. The molecule has 1 saturated heterocycles. The van der Waals surface area contributed by atoms with E-state index in [1.807, 2.05) is 9.58 Å². The number of amides is 1. The molecule has 8 nitrogen and oxygen atoms in total. The summed E-state index contributed by atoms with van der Waals surface area (Å²) in [6, 6.07) is 2.02. The minimum absolute atomic E-state index is 0.200. The molecule has 3 rings (SSSR count). The second kappa shape index (κ2) is 7.66. The third kappa shape index (κ3) is 4.24. The molecule has 0 spiro atoms. The molecule has 3 heterocycles. The molecular formula is C15H21N7O. The van der Waals surface area contributed by atoms with Gasteiger partial charge in [-0.15, -0.1) is 0 Å². The van der Waals surface area contributed by atoms with Gasteiger partial charge in [-0.05, 0) is 25.3 Å². The van der Waals surface area contributed by atoms with Gasteiger partial charge in [-0.2, -0.15) is 5.10 Å². The van der Waals surface area contributed by atoms with Crippen molar-refractivity contribution in [3.05, 3.63) is 31.1 Å². The van der Waals surface area contributed by atoms with Crippen LogP contribution in [0.5, 0.6) is 0 Å². The molecule has 122 valence electrons. The summed E-state index contributed by atoms with van der Waals surface area (Å²) in [5.41, 5.74) is 0. The van der Waals surface area contributed by atoms with Gasteiger partial charge in [-0.25, -0.2) is 19.6 Å². The van der Waals surface area contributed by atoms with Crippen molar-refractivity contribution in [2.75, 3.05) is 25.0 Å². The molecule has 0 radical (unpaired) electrons. The summed E-state index contributed by atoms with van der Waals surface area (Å²) in [5, 5.41) is 7.31. The summed E-state index contributed by atoms with van der Waals surface area (Å²) in [7, 11) is 0. The zero-order valence-electron chi connectivity index (χ0n) is 13.0. The first-order valence-corrected chi connectivity index (χ1v) is 7.96. The van der Waals surface area contributed by atoms with E-state index in [1.54, 1.807) is 24.8 Å². The average Bonchev–Trinajstić information content (AvgIpc) is 3.14. The molecule has 0 saturated carbocycles. The summed E-state index contributed by atoms with van der Waals surface area (Å²) >= 11 is 0. The van der Waals surface area contributed by atoms with Crippen molar-refractivity contribution in [3.8, 4) is 0 Å². The van der Waals surface area contributed by atoms with E-state index in [0.29, 0.717) is 18.9 Å². The summed E-state index contributed by atoms with van der Waals surface area (Å²) in [6.45, 7) is 2.24. The van der Waals surface area contributed by atoms with Gasteiger partial charge < -0.3 is 10.2 Å². The minimum atomic E-state index is 0.200. The van der Waals surface area contributed by atoms with Crippen LogP contribution in [0.4, 0.5) is 5.95 Å². The topological polar surface area (TPSA) is 88.8 Å². The lowest BCUT2D eigenvalue weighted by Crippen LogP contribution is -2.40. The van der Waals surface area contributed by atoms with Crippen LogP contribution < -0.4 is 5.32 Å². The van der Waals surface area contributed by atoms with Gasteiger partial charge in [0.15, 0.2) is 0 Å². The molecule has 2 aromatic rings. The normalized spacial score (nSPS) is 17.9. The van der Waals surface area contributed by atoms with Crippen LogP contribution in [-0.2, 0) is 4.79 Å². The van der Waals surface area contributed by atoms with Crippen LogP contribution >= 0.6 is 0 Å². The van der Waals surface area contributed by atoms with Gasteiger partial charge in [0.1, 0.15) is 12.7 Å². The molecule has 1 aliphatic heterocycles. The first kappa shape index (κ1) is 15.4. The summed E-state index contributed by atoms with van der Waals surface area (Å²) in [5.74, 6) is 0.801. The highest BCUT2D eigenvalue weighted by Crippen LogP contribution is 2.20. The number of hydrogen-bond acceptors (Lipinski definition) is 6. The Morgan fingerprint density at radius 3 is 3.00 bits per heavy atom. The zero-order chi connectivity index (χ0) is 15.9. The maximum absolute atomic E-state index is 12.3. The Balaban J connectivity index is 1.41. The fourth-order valence-electron chi connectivity index (χ4n) is 2.79. The smallest absolute Gasteiger partial charge is 0.222 e. The van der Waals surface area contributed by atoms with Gasteiger partial charge in [0.25, 0.3) is 0 Å². The molecule has 23 heavy (non-hydrogen) atoms. The number of anilines is 1. The SMILES string of the molecule is O=C(CCCNc1ncccn1)N1CCC[C@@H](n2cncn2)C1. The molecule has 1 atom stereocenters. The number of hydrogen-bond donors (Lipinski definition) is 1. The van der Waals surface area contributed by atoms with Crippen molar-refractivity contribution in [3.63, 3.8) is 0 Å². The third-order valence-corrected chi connectivity index (χ3v) is 3.98. The molecule has 0 aromatic carbocycles. The quantitative estimate of drug-likeness (QED) is 0.804. The summed E-state index contributed by atoms with van der Waals surface area (Å²) < 4.78 is 1.85. The van der Waals surface area contributed by atoms with Crippen molar-refractivity contribution in [1.29, 1.82) is 0 Å². The van der Waals surface area contributed by atoms with E-state index >= 15 is 0 Å². The number of carbonyl (C=O) groups excluding carboxylic acids is 1. The summed E-state index contributed by atoms with van der Waals surface area (Å²) in [6.07, 6.45) is 10.00. The second-order valence-corrected chi connectivity index (χ2v) is 5.61. The van der Waals surface area contributed by atoms with E-state index in [-0.39, 0.29) is 11.9 Å². The van der Waals surface area contributed by atoms with Gasteiger partial charge in [-0.1, -0.05) is 0 Å². The Hall–Kier alpha value is -2.51. The van der Waals surface area contributed by atoms with Gasteiger partial charge in [0.2, 0.25) is 11.9 Å². The standard InChI is InChI=1S/C15H21N7O/c23-14(5-1-6-17-15-18-7-3-8-19-15)21-9-2-4-13(10-21)22-12-16-11-20-22/h3,7-8,11-13H,1-2,4-6,9-10H2,(H,17,18,19)/t13-/m1/s1. The maximum Gasteiger partial charge on any atom is 0.222 e. The predicted molar refractivity (Wildman–Crippen MR) is 84.6 cm³/mol. The average molecular weight is 315 g/mol. The van der Waals surface area contributed by atoms with Crippen molar-refractivity contribution in [1.82, 2.24) is 29.6 Å². The molecule has 1 N–H and O–H groups in total. The summed E-state index contributed by atoms with van der Waals surface area (Å²) in [4.78, 5) is 26.5. The predicted octanol–water partition coefficient (Wildman–Crippen LogP) is 1.12. The van der Waals surface area contributed by atoms with Crippen molar-refractivity contribution in [2.24, 2.45) is 0 Å². The van der Waals surface area contributed by atoms with E-state index in [0.717, 1.165) is 32.4 Å². The molecule has 1 aliphatic rings. The number of aromatic nitrogens is 5. The first-order valence-electron chi connectivity index (χ1n) is 7.96. The number of nitrogens with zero attached hydrogens (tertiary/aromatic N) is 6. The Morgan fingerprint density at radius 1 is 1.35 bits per heavy atom. The molecule has 8 heteroatoms. The fourth-order valence-corrected chi connectivity index (χ4v) is 2.79. The van der Waals surface area contributed by atoms with Gasteiger partial charge >= 0.3 is 0 Å². The van der Waals surface area contributed by atoms with Crippen LogP contribution in [-0.4, -0.2) is 55.2 Å². The highest BCUT2D eigenvalue weighted by molar-refractivity contribution is 5.76. The van der Waals surface area contributed by atoms with Crippen molar-refractivity contribution in [2.45, 2.75) is 31.7 Å².